The highest BCUT2D eigenvalue weighted by Gasteiger charge is 2.23. The lowest BCUT2D eigenvalue weighted by Crippen LogP contribution is -2.38. The Labute approximate surface area is 231 Å². The van der Waals surface area contributed by atoms with Gasteiger partial charge in [-0.3, -0.25) is 4.72 Å². The summed E-state index contributed by atoms with van der Waals surface area (Å²) in [6.07, 6.45) is 5.15. The van der Waals surface area contributed by atoms with E-state index in [1.165, 1.54) is 13.1 Å². The van der Waals surface area contributed by atoms with Crippen molar-refractivity contribution < 1.29 is 21.9 Å². The van der Waals surface area contributed by atoms with Gasteiger partial charge in [-0.25, -0.2) is 32.2 Å². The highest BCUT2D eigenvalue weighted by atomic mass is 32.2. The minimum atomic E-state index is -4.09. The molecule has 208 valence electrons. The fourth-order valence-corrected chi connectivity index (χ4v) is 5.59. The number of pyridine rings is 1. The summed E-state index contributed by atoms with van der Waals surface area (Å²) in [5.74, 6) is -2.27. The first-order chi connectivity index (χ1) is 19.3. The maximum absolute atomic E-state index is 15.3. The molecule has 9 nitrogen and oxygen atoms in total. The van der Waals surface area contributed by atoms with Crippen molar-refractivity contribution in [3.8, 4) is 22.9 Å². The third-order valence-electron chi connectivity index (χ3n) is 6.41. The van der Waals surface area contributed by atoms with Crippen LogP contribution in [0.25, 0.3) is 11.3 Å². The average molecular weight is 567 g/mol. The van der Waals surface area contributed by atoms with Gasteiger partial charge in [-0.1, -0.05) is 30.3 Å². The van der Waals surface area contributed by atoms with Gasteiger partial charge in [-0.05, 0) is 50.1 Å². The van der Waals surface area contributed by atoms with Gasteiger partial charge < -0.3 is 15.4 Å². The number of hydrogen-bond donors (Lipinski definition) is 3. The lowest BCUT2D eigenvalue weighted by Gasteiger charge is -2.23. The number of aromatic nitrogens is 3. The summed E-state index contributed by atoms with van der Waals surface area (Å²) in [6, 6.07) is 14.6. The number of nitrogens with one attached hydrogen (secondary N) is 3. The molecule has 12 heteroatoms. The number of halogens is 2. The molecular weight excluding hydrogens is 538 g/mol. The zero-order chi connectivity index (χ0) is 28.1. The maximum Gasteiger partial charge on any atom is 0.237 e. The normalized spacial score (nSPS) is 15.4. The Bertz CT molecular complexity index is 1600. The van der Waals surface area contributed by atoms with Crippen LogP contribution < -0.4 is 20.1 Å². The number of hydrogen-bond acceptors (Lipinski definition) is 8. The predicted molar refractivity (Wildman–Crippen MR) is 149 cm³/mol. The molecule has 0 saturated carbocycles. The number of anilines is 2. The van der Waals surface area contributed by atoms with Crippen LogP contribution in [0.4, 0.5) is 20.4 Å². The van der Waals surface area contributed by atoms with Crippen molar-refractivity contribution >= 4 is 21.7 Å². The third-order valence-corrected chi connectivity index (χ3v) is 7.64. The van der Waals surface area contributed by atoms with Crippen molar-refractivity contribution in [2.45, 2.75) is 31.6 Å². The van der Waals surface area contributed by atoms with Crippen LogP contribution in [0, 0.1) is 18.6 Å². The largest absolute Gasteiger partial charge is 0.438 e. The van der Waals surface area contributed by atoms with E-state index in [2.05, 4.69) is 25.6 Å². The summed E-state index contributed by atoms with van der Waals surface area (Å²) in [7, 11) is -4.09. The first-order valence-electron chi connectivity index (χ1n) is 12.8. The SMILES string of the molecule is Cc1c(Oc2ncccc2-c2ccnc(N[C@H]3CCCNC3)n2)cc(F)c(NS(=O)(=O)Cc2ccccc2)c1F. The molecule has 5 rings (SSSR count). The lowest BCUT2D eigenvalue weighted by atomic mass is 10.1. The molecule has 0 unspecified atom stereocenters. The van der Waals surface area contributed by atoms with Crippen molar-refractivity contribution in [2.75, 3.05) is 23.1 Å². The molecular formula is C28H28F2N6O3S. The van der Waals surface area contributed by atoms with Crippen molar-refractivity contribution in [1.29, 1.82) is 0 Å². The zero-order valence-corrected chi connectivity index (χ0v) is 22.5. The van der Waals surface area contributed by atoms with Gasteiger partial charge >= 0.3 is 0 Å². The molecule has 1 saturated heterocycles. The van der Waals surface area contributed by atoms with Gasteiger partial charge in [0.2, 0.25) is 21.9 Å². The van der Waals surface area contributed by atoms with E-state index >= 15 is 8.78 Å². The molecule has 40 heavy (non-hydrogen) atoms. The predicted octanol–water partition coefficient (Wildman–Crippen LogP) is 5.02. The quantitative estimate of drug-likeness (QED) is 0.258. The Hall–Kier alpha value is -4.16. The van der Waals surface area contributed by atoms with E-state index in [0.29, 0.717) is 22.8 Å². The van der Waals surface area contributed by atoms with Crippen molar-refractivity contribution in [3.63, 3.8) is 0 Å². The molecule has 1 atom stereocenters. The molecule has 1 fully saturated rings. The van der Waals surface area contributed by atoms with Crippen LogP contribution in [-0.2, 0) is 15.8 Å². The number of sulfonamides is 1. The topological polar surface area (TPSA) is 118 Å². The first-order valence-corrected chi connectivity index (χ1v) is 14.4. The lowest BCUT2D eigenvalue weighted by molar-refractivity contribution is 0.448. The molecule has 2 aromatic heterocycles. The van der Waals surface area contributed by atoms with Gasteiger partial charge in [0.1, 0.15) is 11.4 Å². The molecule has 0 amide bonds. The number of ether oxygens (including phenoxy) is 1. The van der Waals surface area contributed by atoms with Crippen LogP contribution in [0.5, 0.6) is 11.6 Å². The fourth-order valence-electron chi connectivity index (χ4n) is 4.39. The molecule has 0 radical (unpaired) electrons. The van der Waals surface area contributed by atoms with Crippen LogP contribution in [0.2, 0.25) is 0 Å². The average Bonchev–Trinajstić information content (AvgIpc) is 2.95. The van der Waals surface area contributed by atoms with Crippen LogP contribution in [0.3, 0.4) is 0 Å². The second-order valence-electron chi connectivity index (χ2n) is 9.43. The van der Waals surface area contributed by atoms with E-state index in [-0.39, 0.29) is 23.2 Å². The summed E-state index contributed by atoms with van der Waals surface area (Å²) in [4.78, 5) is 13.2. The molecule has 3 heterocycles. The molecule has 1 aliphatic heterocycles. The van der Waals surface area contributed by atoms with Gasteiger partial charge in [0, 0.05) is 36.6 Å². The molecule has 1 aliphatic rings. The van der Waals surface area contributed by atoms with Gasteiger partial charge in [-0.2, -0.15) is 0 Å². The minimum absolute atomic E-state index is 0.0748. The van der Waals surface area contributed by atoms with Crippen molar-refractivity contribution in [3.05, 3.63) is 89.8 Å². The molecule has 0 bridgehead atoms. The highest BCUT2D eigenvalue weighted by molar-refractivity contribution is 7.91. The molecule has 4 aromatic rings. The summed E-state index contributed by atoms with van der Waals surface area (Å²) < 4.78 is 63.5. The zero-order valence-electron chi connectivity index (χ0n) is 21.7. The minimum Gasteiger partial charge on any atom is -0.438 e. The Morgan fingerprint density at radius 2 is 1.90 bits per heavy atom. The van der Waals surface area contributed by atoms with Gasteiger partial charge in [0.05, 0.1) is 17.0 Å². The summed E-state index contributed by atoms with van der Waals surface area (Å²) in [5.41, 5.74) is 0.612. The molecule has 0 spiro atoms. The number of nitrogens with zero attached hydrogens (tertiary/aromatic N) is 3. The van der Waals surface area contributed by atoms with E-state index in [1.54, 1.807) is 54.7 Å². The number of rotatable bonds is 9. The number of piperidine rings is 1. The van der Waals surface area contributed by atoms with Crippen molar-refractivity contribution in [2.24, 2.45) is 0 Å². The van der Waals surface area contributed by atoms with Crippen LogP contribution in [-0.4, -0.2) is 42.5 Å². The molecule has 0 aliphatic carbocycles. The number of benzene rings is 2. The molecule has 3 N–H and O–H groups in total. The Morgan fingerprint density at radius 1 is 1.07 bits per heavy atom. The van der Waals surface area contributed by atoms with Gasteiger partial charge in [0.25, 0.3) is 0 Å². The first kappa shape index (κ1) is 27.4. The van der Waals surface area contributed by atoms with Gasteiger partial charge in [-0.15, -0.1) is 0 Å². The van der Waals surface area contributed by atoms with Gasteiger partial charge in [0.15, 0.2) is 11.6 Å². The van der Waals surface area contributed by atoms with Crippen LogP contribution >= 0.6 is 0 Å². The fraction of sp³-hybridized carbons (Fsp3) is 0.250. The summed E-state index contributed by atoms with van der Waals surface area (Å²) >= 11 is 0. The van der Waals surface area contributed by atoms with E-state index < -0.39 is 33.1 Å². The summed E-state index contributed by atoms with van der Waals surface area (Å²) in [6.45, 7) is 3.16. The second-order valence-corrected chi connectivity index (χ2v) is 11.2. The highest BCUT2D eigenvalue weighted by Crippen LogP contribution is 2.36. The Morgan fingerprint density at radius 3 is 2.67 bits per heavy atom. The molecule has 2 aromatic carbocycles. The smallest absolute Gasteiger partial charge is 0.237 e. The van der Waals surface area contributed by atoms with Crippen LogP contribution in [0.15, 0.2) is 67.0 Å². The third kappa shape index (κ3) is 6.52. The van der Waals surface area contributed by atoms with Crippen LogP contribution in [0.1, 0.15) is 24.0 Å². The van der Waals surface area contributed by atoms with E-state index in [0.717, 1.165) is 32.0 Å². The Balaban J connectivity index is 1.38. The second kappa shape index (κ2) is 11.9. The van der Waals surface area contributed by atoms with E-state index in [4.69, 9.17) is 4.74 Å². The monoisotopic (exact) mass is 566 g/mol. The van der Waals surface area contributed by atoms with E-state index in [1.807, 2.05) is 4.72 Å². The van der Waals surface area contributed by atoms with Crippen molar-refractivity contribution in [1.82, 2.24) is 20.3 Å². The van der Waals surface area contributed by atoms with E-state index in [9.17, 15) is 8.42 Å². The maximum atomic E-state index is 15.3. The standard InChI is InChI=1S/C28H28F2N6O3S/c1-18-24(15-22(29)26(25(18)30)36-40(37,38)17-19-7-3-2-4-8-19)39-27-21(10-6-13-32-27)23-11-14-33-28(35-23)34-20-9-5-12-31-16-20/h2-4,6-8,10-11,13-15,20,31,36H,5,9,12,16-17H2,1H3,(H,33,34,35)/t20-/m0/s1. The summed E-state index contributed by atoms with van der Waals surface area (Å²) in [5, 5.41) is 6.66. The Kier molecular flexibility index (Phi) is 8.17.